The molecule has 1 aromatic heterocycles. The van der Waals surface area contributed by atoms with Crippen molar-refractivity contribution < 1.29 is 18.7 Å². The van der Waals surface area contributed by atoms with Crippen molar-refractivity contribution in [1.29, 1.82) is 0 Å². The molecule has 2 amide bonds. The number of hydrogen-bond donors (Lipinski definition) is 2. The first-order valence-corrected chi connectivity index (χ1v) is 12.8. The van der Waals surface area contributed by atoms with Gasteiger partial charge >= 0.3 is 0 Å². The average molecular weight is 523 g/mol. The predicted molar refractivity (Wildman–Crippen MR) is 144 cm³/mol. The predicted octanol–water partition coefficient (Wildman–Crippen LogP) is 4.35. The number of rotatable bonds is 11. The van der Waals surface area contributed by atoms with Crippen LogP contribution in [0.2, 0.25) is 5.02 Å². The minimum absolute atomic E-state index is 0.0898. The molecular weight excluding hydrogens is 492 g/mol. The van der Waals surface area contributed by atoms with Gasteiger partial charge in [-0.1, -0.05) is 41.9 Å². The van der Waals surface area contributed by atoms with Gasteiger partial charge in [0.2, 0.25) is 0 Å². The zero-order chi connectivity index (χ0) is 25.9. The van der Waals surface area contributed by atoms with E-state index in [9.17, 15) is 9.59 Å². The third-order valence-electron chi connectivity index (χ3n) is 6.15. The van der Waals surface area contributed by atoms with Gasteiger partial charge in [-0.05, 0) is 55.7 Å². The average Bonchev–Trinajstić information content (AvgIpc) is 3.40. The largest absolute Gasteiger partial charge is 0.455 e. The van der Waals surface area contributed by atoms with Crippen molar-refractivity contribution in [1.82, 2.24) is 15.6 Å². The van der Waals surface area contributed by atoms with Crippen LogP contribution in [-0.2, 0) is 9.53 Å². The Bertz CT molecular complexity index is 1190. The van der Waals surface area contributed by atoms with Crippen LogP contribution in [0.4, 0.5) is 0 Å². The molecule has 1 saturated heterocycles. The summed E-state index contributed by atoms with van der Waals surface area (Å²) in [5.41, 5.74) is 4.09. The Labute approximate surface area is 221 Å². The third kappa shape index (κ3) is 7.76. The zero-order valence-corrected chi connectivity index (χ0v) is 21.3. The molecule has 2 N–H and O–H groups in total. The van der Waals surface area contributed by atoms with Gasteiger partial charge in [0.25, 0.3) is 11.8 Å². The summed E-state index contributed by atoms with van der Waals surface area (Å²) < 4.78 is 11.3. The second-order valence-electron chi connectivity index (χ2n) is 8.70. The number of hydrogen-bond acceptors (Lipinski definition) is 6. The van der Waals surface area contributed by atoms with E-state index >= 15 is 0 Å². The van der Waals surface area contributed by atoms with Gasteiger partial charge in [0.15, 0.2) is 0 Å². The molecule has 0 saturated carbocycles. The van der Waals surface area contributed by atoms with Gasteiger partial charge in [-0.15, -0.1) is 0 Å². The summed E-state index contributed by atoms with van der Waals surface area (Å²) in [5, 5.41) is 7.66. The highest BCUT2D eigenvalue weighted by Gasteiger charge is 2.27. The van der Waals surface area contributed by atoms with Crippen LogP contribution in [0.3, 0.4) is 0 Å². The lowest BCUT2D eigenvalue weighted by atomic mass is 10.1. The molecule has 194 valence electrons. The highest BCUT2D eigenvalue weighted by Crippen LogP contribution is 2.28. The molecular formula is C28H31ClN4O4. The zero-order valence-electron chi connectivity index (χ0n) is 20.6. The van der Waals surface area contributed by atoms with Gasteiger partial charge in [0.1, 0.15) is 11.5 Å². The molecule has 1 aliphatic heterocycles. The van der Waals surface area contributed by atoms with Crippen LogP contribution in [0.15, 0.2) is 76.2 Å². The van der Waals surface area contributed by atoms with Gasteiger partial charge in [0.05, 0.1) is 30.5 Å². The van der Waals surface area contributed by atoms with Crippen LogP contribution < -0.4 is 10.7 Å². The summed E-state index contributed by atoms with van der Waals surface area (Å²) in [6.07, 6.45) is 3.69. The summed E-state index contributed by atoms with van der Waals surface area (Å²) >= 11 is 6.24. The minimum Gasteiger partial charge on any atom is -0.455 e. The monoisotopic (exact) mass is 522 g/mol. The highest BCUT2D eigenvalue weighted by atomic mass is 35.5. The van der Waals surface area contributed by atoms with Crippen LogP contribution in [0.1, 0.15) is 35.4 Å². The molecule has 1 unspecified atom stereocenters. The van der Waals surface area contributed by atoms with Crippen LogP contribution in [0.25, 0.3) is 11.3 Å². The molecule has 3 aromatic rings. The first-order chi connectivity index (χ1) is 18.1. The molecule has 0 aliphatic carbocycles. The molecule has 0 bridgehead atoms. The van der Waals surface area contributed by atoms with E-state index in [-0.39, 0.29) is 17.9 Å². The number of furan rings is 1. The van der Waals surface area contributed by atoms with Crippen molar-refractivity contribution in [3.8, 4) is 11.3 Å². The van der Waals surface area contributed by atoms with Crippen molar-refractivity contribution in [3.05, 3.63) is 83.1 Å². The molecule has 1 aliphatic rings. The van der Waals surface area contributed by atoms with Crippen molar-refractivity contribution in [2.24, 2.45) is 5.10 Å². The number of benzene rings is 2. The maximum absolute atomic E-state index is 13.0. The fraction of sp³-hybridized carbons (Fsp3) is 0.321. The van der Waals surface area contributed by atoms with Gasteiger partial charge in [0, 0.05) is 30.8 Å². The Balaban J connectivity index is 1.28. The number of carbonyl (C=O) groups excluding carboxylic acids is 2. The van der Waals surface area contributed by atoms with E-state index in [1.165, 1.54) is 6.21 Å². The van der Waals surface area contributed by atoms with Crippen LogP contribution in [0.5, 0.6) is 0 Å². The van der Waals surface area contributed by atoms with Gasteiger partial charge in [-0.3, -0.25) is 14.5 Å². The van der Waals surface area contributed by atoms with E-state index in [0.717, 1.165) is 18.4 Å². The first-order valence-electron chi connectivity index (χ1n) is 12.4. The van der Waals surface area contributed by atoms with E-state index in [1.807, 2.05) is 42.5 Å². The second-order valence-corrected chi connectivity index (χ2v) is 9.11. The number of nitrogens with zero attached hydrogens (tertiary/aromatic N) is 2. The quantitative estimate of drug-likeness (QED) is 0.222. The standard InChI is InChI=1S/C28H31ClN4O4/c29-24-11-5-4-10-23(24)26-14-13-22(37-26)20-31-32-28(35)25(33-16-18-36-19-17-33)12-6-7-15-30-27(34)21-8-2-1-3-9-21/h1-5,8-11,13-14,20,25H,6-7,12,15-19H2,(H,30,34)(H,32,35). The maximum atomic E-state index is 13.0. The van der Waals surface area contributed by atoms with Crippen LogP contribution in [0, 0.1) is 0 Å². The summed E-state index contributed by atoms with van der Waals surface area (Å²) in [6, 6.07) is 19.8. The highest BCUT2D eigenvalue weighted by molar-refractivity contribution is 6.33. The molecule has 2 aromatic carbocycles. The molecule has 0 radical (unpaired) electrons. The fourth-order valence-corrected chi connectivity index (χ4v) is 4.42. The number of ether oxygens (including phenoxy) is 1. The Morgan fingerprint density at radius 1 is 1.00 bits per heavy atom. The summed E-state index contributed by atoms with van der Waals surface area (Å²) in [5.74, 6) is 0.869. The second kappa shape index (κ2) is 13.7. The number of carbonyl (C=O) groups is 2. The lowest BCUT2D eigenvalue weighted by molar-refractivity contribution is -0.128. The molecule has 1 fully saturated rings. The van der Waals surface area contributed by atoms with Gasteiger partial charge < -0.3 is 14.5 Å². The summed E-state index contributed by atoms with van der Waals surface area (Å²) in [4.78, 5) is 27.4. The Hall–Kier alpha value is -3.46. The molecule has 4 rings (SSSR count). The number of halogens is 1. The summed E-state index contributed by atoms with van der Waals surface area (Å²) in [6.45, 7) is 3.11. The third-order valence-corrected chi connectivity index (χ3v) is 6.48. The molecule has 9 heteroatoms. The molecule has 0 spiro atoms. The molecule has 2 heterocycles. The molecule has 1 atom stereocenters. The van der Waals surface area contributed by atoms with Crippen molar-refractivity contribution in [2.45, 2.75) is 25.3 Å². The fourth-order valence-electron chi connectivity index (χ4n) is 4.19. The number of unbranched alkanes of at least 4 members (excludes halogenated alkanes) is 1. The normalized spacial score (nSPS) is 14.9. The van der Waals surface area contributed by atoms with E-state index < -0.39 is 0 Å². The molecule has 8 nitrogen and oxygen atoms in total. The minimum atomic E-state index is -0.332. The van der Waals surface area contributed by atoms with Crippen molar-refractivity contribution in [3.63, 3.8) is 0 Å². The van der Waals surface area contributed by atoms with Crippen LogP contribution in [-0.4, -0.2) is 61.8 Å². The summed E-state index contributed by atoms with van der Waals surface area (Å²) in [7, 11) is 0. The van der Waals surface area contributed by atoms with Crippen molar-refractivity contribution >= 4 is 29.6 Å². The smallest absolute Gasteiger partial charge is 0.257 e. The molecule has 37 heavy (non-hydrogen) atoms. The number of amides is 2. The number of morpholine rings is 1. The lowest BCUT2D eigenvalue weighted by Crippen LogP contribution is -2.50. The van der Waals surface area contributed by atoms with Crippen LogP contribution >= 0.6 is 11.6 Å². The van der Waals surface area contributed by atoms with E-state index in [4.69, 9.17) is 20.8 Å². The maximum Gasteiger partial charge on any atom is 0.257 e. The lowest BCUT2D eigenvalue weighted by Gasteiger charge is -2.33. The number of nitrogens with one attached hydrogen (secondary N) is 2. The first kappa shape index (κ1) is 26.6. The van der Waals surface area contributed by atoms with Gasteiger partial charge in [-0.25, -0.2) is 5.43 Å². The van der Waals surface area contributed by atoms with Gasteiger partial charge in [-0.2, -0.15) is 5.10 Å². The Kier molecular flexibility index (Phi) is 9.88. The number of hydrazone groups is 1. The topological polar surface area (TPSA) is 96.2 Å². The Morgan fingerprint density at radius 2 is 1.76 bits per heavy atom. The van der Waals surface area contributed by atoms with E-state index in [1.54, 1.807) is 24.3 Å². The Morgan fingerprint density at radius 3 is 2.54 bits per heavy atom. The van der Waals surface area contributed by atoms with E-state index in [2.05, 4.69) is 20.7 Å². The van der Waals surface area contributed by atoms with Crippen molar-refractivity contribution in [2.75, 3.05) is 32.8 Å². The van der Waals surface area contributed by atoms with E-state index in [0.29, 0.717) is 61.4 Å². The SMILES string of the molecule is O=C(NCCCCC(C(=O)NN=Cc1ccc(-c2ccccc2Cl)o1)N1CCOCC1)c1ccccc1.